The molecule has 0 saturated heterocycles. The van der Waals surface area contributed by atoms with E-state index in [-0.39, 0.29) is 5.82 Å². The van der Waals surface area contributed by atoms with Gasteiger partial charge in [0.05, 0.1) is 10.5 Å². The maximum Gasteiger partial charge on any atom is 0.137 e. The average molecular weight is 226 g/mol. The number of rotatable bonds is 1. The molecule has 0 aliphatic heterocycles. The molecule has 0 spiro atoms. The molecule has 0 aliphatic rings. The fraction of sp³-hybridized carbons (Fsp3) is 0. The lowest BCUT2D eigenvalue weighted by molar-refractivity contribution is 0.621. The Morgan fingerprint density at radius 3 is 2.92 bits per heavy atom. The minimum atomic E-state index is -0.324. The summed E-state index contributed by atoms with van der Waals surface area (Å²) < 4.78 is 13.2. The van der Waals surface area contributed by atoms with E-state index in [4.69, 9.17) is 5.26 Å². The van der Waals surface area contributed by atoms with Gasteiger partial charge in [-0.2, -0.15) is 5.26 Å². The minimum Gasteiger partial charge on any atom is -0.206 e. The van der Waals surface area contributed by atoms with E-state index >= 15 is 0 Å². The average Bonchev–Trinajstić information content (AvgIpc) is 2.08. The molecule has 1 rings (SSSR count). The van der Waals surface area contributed by atoms with E-state index in [1.165, 1.54) is 12.1 Å². The summed E-state index contributed by atoms with van der Waals surface area (Å²) in [6, 6.07) is 6.51. The Balaban J connectivity index is 3.10. The third kappa shape index (κ3) is 1.93. The van der Waals surface area contributed by atoms with Crippen LogP contribution in [0.3, 0.4) is 0 Å². The molecule has 1 aromatic carbocycles. The monoisotopic (exact) mass is 225 g/mol. The van der Waals surface area contributed by atoms with Crippen molar-refractivity contribution in [2.45, 2.75) is 0 Å². The van der Waals surface area contributed by atoms with Crippen LogP contribution in [0.1, 0.15) is 5.56 Å². The summed E-state index contributed by atoms with van der Waals surface area (Å²) in [5.41, 5.74) is 0.663. The standard InChI is InChI=1S/C9H5BrFN/c10-9-7(4-2-6-12)3-1-5-8(9)11/h1-5H. The number of nitrogens with zero attached hydrogens (tertiary/aromatic N) is 1. The molecule has 3 heteroatoms. The SMILES string of the molecule is N#CC=Cc1cccc(F)c1Br. The third-order valence-corrected chi connectivity index (χ3v) is 2.16. The van der Waals surface area contributed by atoms with Gasteiger partial charge in [-0.3, -0.25) is 0 Å². The highest BCUT2D eigenvalue weighted by Gasteiger charge is 2.00. The molecule has 1 nitrogen and oxygen atoms in total. The van der Waals surface area contributed by atoms with Crippen LogP contribution in [-0.4, -0.2) is 0 Å². The molecule has 0 saturated carbocycles. The van der Waals surface area contributed by atoms with Crippen molar-refractivity contribution in [2.75, 3.05) is 0 Å². The lowest BCUT2D eigenvalue weighted by atomic mass is 10.2. The van der Waals surface area contributed by atoms with E-state index in [1.54, 1.807) is 18.2 Å². The summed E-state index contributed by atoms with van der Waals surface area (Å²) >= 11 is 3.07. The minimum absolute atomic E-state index is 0.324. The molecule has 0 amide bonds. The Hall–Kier alpha value is -1.14. The molecule has 0 aromatic heterocycles. The van der Waals surface area contributed by atoms with Crippen LogP contribution in [0.4, 0.5) is 4.39 Å². The number of allylic oxidation sites excluding steroid dienone is 1. The Morgan fingerprint density at radius 2 is 2.25 bits per heavy atom. The van der Waals surface area contributed by atoms with Gasteiger partial charge in [-0.05, 0) is 33.6 Å². The van der Waals surface area contributed by atoms with Gasteiger partial charge in [0.1, 0.15) is 5.82 Å². The second-order valence-electron chi connectivity index (χ2n) is 2.11. The molecule has 0 radical (unpaired) electrons. The predicted molar refractivity (Wildman–Crippen MR) is 48.7 cm³/mol. The van der Waals surface area contributed by atoms with Crippen molar-refractivity contribution in [2.24, 2.45) is 0 Å². The molecular formula is C9H5BrFN. The summed E-state index contributed by atoms with van der Waals surface area (Å²) in [7, 11) is 0. The van der Waals surface area contributed by atoms with Crippen LogP contribution in [0.5, 0.6) is 0 Å². The topological polar surface area (TPSA) is 23.8 Å². The molecule has 0 atom stereocenters. The van der Waals surface area contributed by atoms with Gasteiger partial charge in [0.25, 0.3) is 0 Å². The molecule has 0 bridgehead atoms. The summed E-state index contributed by atoms with van der Waals surface area (Å²) in [6.45, 7) is 0. The van der Waals surface area contributed by atoms with Crippen molar-refractivity contribution in [3.63, 3.8) is 0 Å². The lowest BCUT2D eigenvalue weighted by Crippen LogP contribution is -1.80. The molecule has 0 aliphatic carbocycles. The van der Waals surface area contributed by atoms with E-state index < -0.39 is 0 Å². The van der Waals surface area contributed by atoms with Crippen LogP contribution >= 0.6 is 15.9 Å². The Labute approximate surface area is 78.3 Å². The summed E-state index contributed by atoms with van der Waals surface area (Å²) in [5.74, 6) is -0.324. The molecule has 0 heterocycles. The van der Waals surface area contributed by atoms with Crippen molar-refractivity contribution in [1.82, 2.24) is 0 Å². The van der Waals surface area contributed by atoms with Crippen LogP contribution in [0.25, 0.3) is 6.08 Å². The normalized spacial score (nSPS) is 10.1. The van der Waals surface area contributed by atoms with Crippen molar-refractivity contribution in [3.8, 4) is 6.07 Å². The number of benzene rings is 1. The highest BCUT2D eigenvalue weighted by atomic mass is 79.9. The van der Waals surface area contributed by atoms with Crippen molar-refractivity contribution in [1.29, 1.82) is 5.26 Å². The van der Waals surface area contributed by atoms with E-state index in [0.717, 1.165) is 0 Å². The van der Waals surface area contributed by atoms with Crippen LogP contribution in [0.2, 0.25) is 0 Å². The van der Waals surface area contributed by atoms with E-state index in [9.17, 15) is 4.39 Å². The van der Waals surface area contributed by atoms with Crippen molar-refractivity contribution in [3.05, 3.63) is 40.1 Å². The fourth-order valence-electron chi connectivity index (χ4n) is 0.776. The molecule has 60 valence electrons. The molecule has 0 unspecified atom stereocenters. The Morgan fingerprint density at radius 1 is 1.50 bits per heavy atom. The molecule has 12 heavy (non-hydrogen) atoms. The Kier molecular flexibility index (Phi) is 3.01. The van der Waals surface area contributed by atoms with Gasteiger partial charge in [0.2, 0.25) is 0 Å². The van der Waals surface area contributed by atoms with Crippen LogP contribution in [0.15, 0.2) is 28.7 Å². The maximum atomic E-state index is 12.8. The van der Waals surface area contributed by atoms with Crippen LogP contribution in [-0.2, 0) is 0 Å². The summed E-state index contributed by atoms with van der Waals surface area (Å²) in [6.07, 6.45) is 2.85. The molecular weight excluding hydrogens is 221 g/mol. The van der Waals surface area contributed by atoms with Gasteiger partial charge in [-0.25, -0.2) is 4.39 Å². The van der Waals surface area contributed by atoms with Gasteiger partial charge in [-0.1, -0.05) is 12.1 Å². The first kappa shape index (κ1) is 8.95. The molecule has 0 fully saturated rings. The second-order valence-corrected chi connectivity index (χ2v) is 2.90. The molecule has 0 N–H and O–H groups in total. The fourth-order valence-corrected chi connectivity index (χ4v) is 1.17. The molecule has 1 aromatic rings. The van der Waals surface area contributed by atoms with Crippen LogP contribution < -0.4 is 0 Å². The largest absolute Gasteiger partial charge is 0.206 e. The van der Waals surface area contributed by atoms with E-state index in [0.29, 0.717) is 10.0 Å². The first-order chi connectivity index (χ1) is 5.75. The smallest absolute Gasteiger partial charge is 0.137 e. The zero-order chi connectivity index (χ0) is 8.97. The Bertz CT molecular complexity index is 352. The quantitative estimate of drug-likeness (QED) is 0.675. The summed E-state index contributed by atoms with van der Waals surface area (Å²) in [4.78, 5) is 0. The number of hydrogen-bond acceptors (Lipinski definition) is 1. The third-order valence-electron chi connectivity index (χ3n) is 1.32. The zero-order valence-corrected chi connectivity index (χ0v) is 7.68. The van der Waals surface area contributed by atoms with Crippen LogP contribution in [0, 0.1) is 17.1 Å². The van der Waals surface area contributed by atoms with Crippen molar-refractivity contribution >= 4 is 22.0 Å². The maximum absolute atomic E-state index is 12.8. The lowest BCUT2D eigenvalue weighted by Gasteiger charge is -1.97. The highest BCUT2D eigenvalue weighted by molar-refractivity contribution is 9.10. The first-order valence-electron chi connectivity index (χ1n) is 3.26. The van der Waals surface area contributed by atoms with Gasteiger partial charge in [0, 0.05) is 6.08 Å². The zero-order valence-electron chi connectivity index (χ0n) is 6.09. The van der Waals surface area contributed by atoms with E-state index in [2.05, 4.69) is 15.9 Å². The highest BCUT2D eigenvalue weighted by Crippen LogP contribution is 2.21. The van der Waals surface area contributed by atoms with Gasteiger partial charge in [0.15, 0.2) is 0 Å². The van der Waals surface area contributed by atoms with E-state index in [1.807, 2.05) is 6.07 Å². The number of nitriles is 1. The van der Waals surface area contributed by atoms with Gasteiger partial charge >= 0.3 is 0 Å². The van der Waals surface area contributed by atoms with Gasteiger partial charge < -0.3 is 0 Å². The number of halogens is 2. The predicted octanol–water partition coefficient (Wildman–Crippen LogP) is 3.12. The first-order valence-corrected chi connectivity index (χ1v) is 4.05. The second kappa shape index (κ2) is 4.03. The number of hydrogen-bond donors (Lipinski definition) is 0. The van der Waals surface area contributed by atoms with Crippen molar-refractivity contribution < 1.29 is 4.39 Å². The van der Waals surface area contributed by atoms with Gasteiger partial charge in [-0.15, -0.1) is 0 Å². The summed E-state index contributed by atoms with van der Waals surface area (Å²) in [5, 5.41) is 8.24.